The van der Waals surface area contributed by atoms with E-state index in [2.05, 4.69) is 39.9 Å². The predicted molar refractivity (Wildman–Crippen MR) is 108 cm³/mol. The number of nitrogens with zero attached hydrogens (tertiary/aromatic N) is 3. The van der Waals surface area contributed by atoms with Crippen LogP contribution < -0.4 is 0 Å². The molecule has 2 rings (SSSR count). The second kappa shape index (κ2) is 11.3. The molecular weight excluding hydrogens is 318 g/mol. The molecule has 0 amide bonds. The number of hydrogen-bond donors (Lipinski definition) is 0. The molecule has 0 aliphatic heterocycles. The van der Waals surface area contributed by atoms with E-state index in [4.69, 9.17) is 6.42 Å². The van der Waals surface area contributed by atoms with E-state index in [0.717, 1.165) is 23.6 Å². The molecule has 0 aliphatic carbocycles. The van der Waals surface area contributed by atoms with Crippen molar-refractivity contribution in [3.8, 4) is 23.7 Å². The van der Waals surface area contributed by atoms with Crippen LogP contribution in [0.2, 0.25) is 0 Å². The lowest BCUT2D eigenvalue weighted by Gasteiger charge is -2.05. The van der Waals surface area contributed by atoms with Gasteiger partial charge in [-0.05, 0) is 12.5 Å². The second-order valence-electron chi connectivity index (χ2n) is 5.48. The minimum Gasteiger partial charge on any atom is -0.217 e. The van der Waals surface area contributed by atoms with Gasteiger partial charge in [0, 0.05) is 18.4 Å². The van der Waals surface area contributed by atoms with Crippen LogP contribution in [0.1, 0.15) is 25.0 Å². The number of aromatic nitrogens is 3. The molecule has 0 saturated heterocycles. The molecule has 2 aromatic rings. The molecule has 26 heavy (non-hydrogen) atoms. The molecule has 0 N–H and O–H groups in total. The van der Waals surface area contributed by atoms with Crippen LogP contribution in [0.15, 0.2) is 78.9 Å². The van der Waals surface area contributed by atoms with Crippen molar-refractivity contribution in [2.45, 2.75) is 26.2 Å². The van der Waals surface area contributed by atoms with E-state index < -0.39 is 0 Å². The van der Waals surface area contributed by atoms with Gasteiger partial charge in [0.1, 0.15) is 11.6 Å². The summed E-state index contributed by atoms with van der Waals surface area (Å²) in [6.07, 6.45) is 23.1. The zero-order valence-corrected chi connectivity index (χ0v) is 15.0. The summed E-state index contributed by atoms with van der Waals surface area (Å²) >= 11 is 0. The molecule has 0 unspecified atom stereocenters. The van der Waals surface area contributed by atoms with E-state index in [1.54, 1.807) is 6.08 Å². The SMILES string of the molecule is C#C/C=C\C=C/Cc1nc(C/C=C\C=C/CC)nc(-c2ccccc2)n1. The van der Waals surface area contributed by atoms with E-state index in [9.17, 15) is 0 Å². The summed E-state index contributed by atoms with van der Waals surface area (Å²) in [6.45, 7) is 2.11. The average molecular weight is 341 g/mol. The van der Waals surface area contributed by atoms with Gasteiger partial charge in [-0.15, -0.1) is 6.42 Å². The largest absolute Gasteiger partial charge is 0.217 e. The maximum absolute atomic E-state index is 5.19. The first-order valence-electron chi connectivity index (χ1n) is 8.72. The van der Waals surface area contributed by atoms with Crippen LogP contribution in [-0.4, -0.2) is 15.0 Å². The third-order valence-corrected chi connectivity index (χ3v) is 3.42. The highest BCUT2D eigenvalue weighted by molar-refractivity contribution is 5.54. The molecule has 3 nitrogen and oxygen atoms in total. The van der Waals surface area contributed by atoms with Gasteiger partial charge in [-0.25, -0.2) is 15.0 Å². The van der Waals surface area contributed by atoms with Gasteiger partial charge in [-0.3, -0.25) is 0 Å². The maximum Gasteiger partial charge on any atom is 0.163 e. The fraction of sp³-hybridized carbons (Fsp3) is 0.174. The Bertz CT molecular complexity index is 838. The van der Waals surface area contributed by atoms with E-state index in [0.29, 0.717) is 18.7 Å². The van der Waals surface area contributed by atoms with Gasteiger partial charge < -0.3 is 0 Å². The molecule has 0 aliphatic rings. The lowest BCUT2D eigenvalue weighted by atomic mass is 10.2. The Kier molecular flexibility index (Phi) is 8.31. The molecule has 0 atom stereocenters. The molecule has 0 bridgehead atoms. The molecule has 1 heterocycles. The molecule has 1 aromatic heterocycles. The number of hydrogen-bond acceptors (Lipinski definition) is 3. The van der Waals surface area contributed by atoms with Crippen molar-refractivity contribution in [1.29, 1.82) is 0 Å². The van der Waals surface area contributed by atoms with Crippen molar-refractivity contribution in [3.63, 3.8) is 0 Å². The summed E-state index contributed by atoms with van der Waals surface area (Å²) in [7, 11) is 0. The number of allylic oxidation sites excluding steroid dienone is 8. The monoisotopic (exact) mass is 341 g/mol. The molecular formula is C23H23N3. The van der Waals surface area contributed by atoms with E-state index in [-0.39, 0.29) is 0 Å². The first-order valence-corrected chi connectivity index (χ1v) is 8.72. The minimum absolute atomic E-state index is 0.629. The van der Waals surface area contributed by atoms with Crippen molar-refractivity contribution in [3.05, 3.63) is 90.6 Å². The van der Waals surface area contributed by atoms with Crippen LogP contribution in [-0.2, 0) is 12.8 Å². The van der Waals surface area contributed by atoms with Crippen molar-refractivity contribution in [2.24, 2.45) is 0 Å². The summed E-state index contributed by atoms with van der Waals surface area (Å²) in [4.78, 5) is 13.8. The van der Waals surface area contributed by atoms with Crippen molar-refractivity contribution >= 4 is 0 Å². The average Bonchev–Trinajstić information content (AvgIpc) is 2.68. The molecule has 3 heteroatoms. The predicted octanol–water partition coefficient (Wildman–Crippen LogP) is 4.89. The van der Waals surface area contributed by atoms with Gasteiger partial charge in [0.2, 0.25) is 0 Å². The molecule has 130 valence electrons. The smallest absolute Gasteiger partial charge is 0.163 e. The molecule has 0 radical (unpaired) electrons. The fourth-order valence-corrected chi connectivity index (χ4v) is 2.20. The zero-order valence-electron chi connectivity index (χ0n) is 15.0. The zero-order chi connectivity index (χ0) is 18.5. The van der Waals surface area contributed by atoms with Gasteiger partial charge >= 0.3 is 0 Å². The lowest BCUT2D eigenvalue weighted by Crippen LogP contribution is -2.04. The third-order valence-electron chi connectivity index (χ3n) is 3.42. The van der Waals surface area contributed by atoms with Gasteiger partial charge in [0.25, 0.3) is 0 Å². The van der Waals surface area contributed by atoms with Gasteiger partial charge in [-0.2, -0.15) is 0 Å². The highest BCUT2D eigenvalue weighted by atomic mass is 15.0. The van der Waals surface area contributed by atoms with Crippen molar-refractivity contribution < 1.29 is 0 Å². The Labute approximate surface area is 155 Å². The van der Waals surface area contributed by atoms with Gasteiger partial charge in [-0.1, -0.05) is 85.7 Å². The fourth-order valence-electron chi connectivity index (χ4n) is 2.20. The van der Waals surface area contributed by atoms with Crippen LogP contribution in [0, 0.1) is 12.3 Å². The Morgan fingerprint density at radius 1 is 0.846 bits per heavy atom. The van der Waals surface area contributed by atoms with Crippen molar-refractivity contribution in [1.82, 2.24) is 15.0 Å². The topological polar surface area (TPSA) is 38.7 Å². The number of terminal acetylenes is 1. The van der Waals surface area contributed by atoms with Crippen LogP contribution in [0.5, 0.6) is 0 Å². The van der Waals surface area contributed by atoms with Crippen LogP contribution in [0.3, 0.4) is 0 Å². The molecule has 0 spiro atoms. The number of rotatable bonds is 8. The quantitative estimate of drug-likeness (QED) is 0.507. The van der Waals surface area contributed by atoms with Crippen molar-refractivity contribution in [2.75, 3.05) is 0 Å². The summed E-state index contributed by atoms with van der Waals surface area (Å²) in [5, 5.41) is 0. The normalized spacial score (nSPS) is 11.8. The van der Waals surface area contributed by atoms with E-state index in [1.807, 2.05) is 60.7 Å². The van der Waals surface area contributed by atoms with Crippen LogP contribution in [0.25, 0.3) is 11.4 Å². The van der Waals surface area contributed by atoms with Gasteiger partial charge in [0.15, 0.2) is 5.82 Å². The molecule has 1 aromatic carbocycles. The summed E-state index contributed by atoms with van der Waals surface area (Å²) in [6, 6.07) is 9.97. The minimum atomic E-state index is 0.629. The summed E-state index contributed by atoms with van der Waals surface area (Å²) < 4.78 is 0. The van der Waals surface area contributed by atoms with Crippen LogP contribution >= 0.6 is 0 Å². The highest BCUT2D eigenvalue weighted by Gasteiger charge is 2.06. The lowest BCUT2D eigenvalue weighted by molar-refractivity contribution is 0.871. The second-order valence-corrected chi connectivity index (χ2v) is 5.48. The van der Waals surface area contributed by atoms with E-state index in [1.165, 1.54) is 0 Å². The Morgan fingerprint density at radius 3 is 2.08 bits per heavy atom. The highest BCUT2D eigenvalue weighted by Crippen LogP contribution is 2.15. The van der Waals surface area contributed by atoms with E-state index >= 15 is 0 Å². The Hall–Kier alpha value is -3.25. The third kappa shape index (κ3) is 6.70. The van der Waals surface area contributed by atoms with Gasteiger partial charge in [0.05, 0.1) is 0 Å². The Balaban J connectivity index is 2.23. The molecule has 0 fully saturated rings. The maximum atomic E-state index is 5.19. The van der Waals surface area contributed by atoms with Crippen LogP contribution in [0.4, 0.5) is 0 Å². The first-order chi connectivity index (χ1) is 12.8. The number of benzene rings is 1. The first kappa shape index (κ1) is 19.1. The molecule has 0 saturated carbocycles. The summed E-state index contributed by atoms with van der Waals surface area (Å²) in [5.41, 5.74) is 0.989. The Morgan fingerprint density at radius 2 is 1.46 bits per heavy atom. The summed E-state index contributed by atoms with van der Waals surface area (Å²) in [5.74, 6) is 4.68. The standard InChI is InChI=1S/C23H23N3/c1-3-5-7-9-14-18-21-24-22(19-15-10-8-6-4-2)26-23(25-21)20-16-12-11-13-17-20/h1,5-17H,4,18-19H2,2H3/b7-5-,8-6-,14-9-,15-10-.